The summed E-state index contributed by atoms with van der Waals surface area (Å²) in [6.45, 7) is 2.29. The van der Waals surface area contributed by atoms with Gasteiger partial charge in [0, 0.05) is 42.4 Å². The van der Waals surface area contributed by atoms with Gasteiger partial charge >= 0.3 is 0 Å². The van der Waals surface area contributed by atoms with Crippen LogP contribution in [0.2, 0.25) is 0 Å². The topological polar surface area (TPSA) is 36.4 Å². The number of amides is 1. The van der Waals surface area contributed by atoms with Gasteiger partial charge in [0.1, 0.15) is 5.82 Å². The van der Waals surface area contributed by atoms with Crippen molar-refractivity contribution in [2.45, 2.75) is 25.3 Å². The number of carbonyl (C=O) groups excluding carboxylic acids is 1. The molecule has 1 unspecified atom stereocenters. The molecule has 4 rings (SSSR count). The van der Waals surface area contributed by atoms with Crippen molar-refractivity contribution < 1.29 is 9.18 Å². The highest BCUT2D eigenvalue weighted by Crippen LogP contribution is 2.28. The lowest BCUT2D eigenvalue weighted by Crippen LogP contribution is -2.39. The molecule has 5 heteroatoms. The van der Waals surface area contributed by atoms with Gasteiger partial charge in [-0.05, 0) is 81.0 Å². The molecule has 3 aromatic rings. The normalized spacial score (nSPS) is 16.5. The van der Waals surface area contributed by atoms with Crippen molar-refractivity contribution in [3.63, 3.8) is 0 Å². The third kappa shape index (κ3) is 5.17. The van der Waals surface area contributed by atoms with E-state index in [1.54, 1.807) is 12.1 Å². The first-order valence-electron chi connectivity index (χ1n) is 10.8. The Kier molecular flexibility index (Phi) is 6.42. The van der Waals surface area contributed by atoms with Gasteiger partial charge in [0.15, 0.2) is 0 Å². The quantitative estimate of drug-likeness (QED) is 0.588. The molecule has 0 spiro atoms. The van der Waals surface area contributed by atoms with Crippen molar-refractivity contribution in [1.29, 1.82) is 0 Å². The van der Waals surface area contributed by atoms with Gasteiger partial charge in [-0.2, -0.15) is 0 Å². The molecule has 0 saturated carbocycles. The summed E-state index contributed by atoms with van der Waals surface area (Å²) in [6, 6.07) is 20.3. The lowest BCUT2D eigenvalue weighted by atomic mass is 9.93. The van der Waals surface area contributed by atoms with Crippen LogP contribution >= 0.6 is 0 Å². The van der Waals surface area contributed by atoms with Crippen LogP contribution < -0.4 is 0 Å². The summed E-state index contributed by atoms with van der Waals surface area (Å²) in [5.74, 6) is 0.0259. The standard InChI is InChI=1S/C26H28FN3O/c1-29(2)17-19-8-10-21(11-9-19)26(31)30-16-4-5-22(18-30)25-7-3-6-24(28-25)20-12-14-23(27)15-13-20/h3,6-15,22H,4-5,16-18H2,1-2H3. The van der Waals surface area contributed by atoms with Crippen molar-refractivity contribution in [3.8, 4) is 11.3 Å². The number of pyridine rings is 1. The van der Waals surface area contributed by atoms with Crippen LogP contribution in [0, 0.1) is 5.82 Å². The fourth-order valence-electron chi connectivity index (χ4n) is 4.16. The summed E-state index contributed by atoms with van der Waals surface area (Å²) in [5, 5.41) is 0. The average molecular weight is 418 g/mol. The number of hydrogen-bond acceptors (Lipinski definition) is 3. The minimum Gasteiger partial charge on any atom is -0.338 e. The smallest absolute Gasteiger partial charge is 0.253 e. The minimum absolute atomic E-state index is 0.0794. The molecule has 1 aliphatic rings. The molecule has 1 amide bonds. The zero-order valence-corrected chi connectivity index (χ0v) is 18.1. The van der Waals surface area contributed by atoms with Crippen LogP contribution in [0.3, 0.4) is 0 Å². The van der Waals surface area contributed by atoms with E-state index in [-0.39, 0.29) is 17.6 Å². The van der Waals surface area contributed by atoms with Crippen LogP contribution in [0.25, 0.3) is 11.3 Å². The summed E-state index contributed by atoms with van der Waals surface area (Å²) >= 11 is 0. The molecule has 0 N–H and O–H groups in total. The number of benzene rings is 2. The van der Waals surface area contributed by atoms with Gasteiger partial charge in [-0.15, -0.1) is 0 Å². The van der Waals surface area contributed by atoms with Gasteiger partial charge in [0.25, 0.3) is 5.91 Å². The van der Waals surface area contributed by atoms with Crippen molar-refractivity contribution in [2.75, 3.05) is 27.2 Å². The van der Waals surface area contributed by atoms with E-state index in [4.69, 9.17) is 4.98 Å². The Hall–Kier alpha value is -3.05. The molecule has 4 nitrogen and oxygen atoms in total. The summed E-state index contributed by atoms with van der Waals surface area (Å²) in [4.78, 5) is 22.0. The maximum atomic E-state index is 13.2. The van der Waals surface area contributed by atoms with Crippen molar-refractivity contribution in [3.05, 3.63) is 89.4 Å². The Morgan fingerprint density at radius 1 is 1.06 bits per heavy atom. The highest BCUT2D eigenvalue weighted by Gasteiger charge is 2.26. The maximum absolute atomic E-state index is 13.2. The fraction of sp³-hybridized carbons (Fsp3) is 0.308. The van der Waals surface area contributed by atoms with E-state index in [0.29, 0.717) is 6.54 Å². The zero-order valence-electron chi connectivity index (χ0n) is 18.1. The van der Waals surface area contributed by atoms with Gasteiger partial charge in [-0.3, -0.25) is 9.78 Å². The third-order valence-corrected chi connectivity index (χ3v) is 5.74. The monoisotopic (exact) mass is 417 g/mol. The second-order valence-electron chi connectivity index (χ2n) is 8.48. The number of aromatic nitrogens is 1. The molecule has 1 aromatic heterocycles. The number of hydrogen-bond donors (Lipinski definition) is 0. The Morgan fingerprint density at radius 3 is 2.52 bits per heavy atom. The van der Waals surface area contributed by atoms with Crippen LogP contribution in [0.15, 0.2) is 66.7 Å². The summed E-state index contributed by atoms with van der Waals surface area (Å²) in [5.41, 5.74) is 4.64. The number of halogens is 1. The zero-order chi connectivity index (χ0) is 21.8. The maximum Gasteiger partial charge on any atom is 0.253 e. The summed E-state index contributed by atoms with van der Waals surface area (Å²) < 4.78 is 13.2. The van der Waals surface area contributed by atoms with Crippen LogP contribution in [0.4, 0.5) is 4.39 Å². The summed E-state index contributed by atoms with van der Waals surface area (Å²) in [7, 11) is 4.07. The molecule has 1 fully saturated rings. The van der Waals surface area contributed by atoms with Gasteiger partial charge in [0.2, 0.25) is 0 Å². The highest BCUT2D eigenvalue weighted by molar-refractivity contribution is 5.94. The Morgan fingerprint density at radius 2 is 1.81 bits per heavy atom. The molecule has 0 bridgehead atoms. The molecular weight excluding hydrogens is 389 g/mol. The Bertz CT molecular complexity index is 1030. The summed E-state index contributed by atoms with van der Waals surface area (Å²) in [6.07, 6.45) is 1.96. The van der Waals surface area contributed by atoms with E-state index in [2.05, 4.69) is 4.90 Å². The molecule has 1 aliphatic heterocycles. The lowest BCUT2D eigenvalue weighted by molar-refractivity contribution is 0.0706. The molecule has 31 heavy (non-hydrogen) atoms. The minimum atomic E-state index is -0.254. The van der Waals surface area contributed by atoms with E-state index >= 15 is 0 Å². The van der Waals surface area contributed by atoms with Crippen LogP contribution in [0.5, 0.6) is 0 Å². The second-order valence-corrected chi connectivity index (χ2v) is 8.48. The molecule has 0 aliphatic carbocycles. The van der Waals surface area contributed by atoms with Crippen LogP contribution in [0.1, 0.15) is 40.4 Å². The van der Waals surface area contributed by atoms with Gasteiger partial charge in [-0.25, -0.2) is 4.39 Å². The third-order valence-electron chi connectivity index (χ3n) is 5.74. The highest BCUT2D eigenvalue weighted by atomic mass is 19.1. The van der Waals surface area contributed by atoms with Crippen LogP contribution in [-0.4, -0.2) is 47.9 Å². The predicted molar refractivity (Wildman–Crippen MR) is 121 cm³/mol. The lowest BCUT2D eigenvalue weighted by Gasteiger charge is -2.32. The van der Waals surface area contributed by atoms with Gasteiger partial charge in [-0.1, -0.05) is 18.2 Å². The van der Waals surface area contributed by atoms with Crippen molar-refractivity contribution in [2.24, 2.45) is 0 Å². The molecular formula is C26H28FN3O. The molecule has 0 radical (unpaired) electrons. The molecule has 2 heterocycles. The molecule has 1 atom stereocenters. The van der Waals surface area contributed by atoms with E-state index in [1.165, 1.54) is 17.7 Å². The first kappa shape index (κ1) is 21.2. The Labute approximate surface area is 183 Å². The van der Waals surface area contributed by atoms with E-state index in [9.17, 15) is 9.18 Å². The number of likely N-dealkylation sites (tertiary alicyclic amines) is 1. The first-order valence-corrected chi connectivity index (χ1v) is 10.8. The van der Waals surface area contributed by atoms with Gasteiger partial charge < -0.3 is 9.80 Å². The first-order chi connectivity index (χ1) is 15.0. The number of rotatable bonds is 5. The van der Waals surface area contributed by atoms with E-state index in [0.717, 1.165) is 48.4 Å². The fourth-order valence-corrected chi connectivity index (χ4v) is 4.16. The number of carbonyl (C=O) groups is 1. The SMILES string of the molecule is CN(C)Cc1ccc(C(=O)N2CCCC(c3cccc(-c4ccc(F)cc4)n3)C2)cc1. The van der Waals surface area contributed by atoms with Gasteiger partial charge in [0.05, 0.1) is 5.69 Å². The second kappa shape index (κ2) is 9.40. The molecule has 2 aromatic carbocycles. The van der Waals surface area contributed by atoms with Crippen molar-refractivity contribution in [1.82, 2.24) is 14.8 Å². The van der Waals surface area contributed by atoms with E-state index in [1.807, 2.05) is 61.5 Å². The molecule has 160 valence electrons. The number of piperidine rings is 1. The average Bonchev–Trinajstić information content (AvgIpc) is 2.79. The Balaban J connectivity index is 1.48. The van der Waals surface area contributed by atoms with Crippen LogP contribution in [-0.2, 0) is 6.54 Å². The number of nitrogens with zero attached hydrogens (tertiary/aromatic N) is 3. The van der Waals surface area contributed by atoms with Crippen molar-refractivity contribution >= 4 is 5.91 Å². The predicted octanol–water partition coefficient (Wildman–Crippen LogP) is 4.97. The molecule has 1 saturated heterocycles. The largest absolute Gasteiger partial charge is 0.338 e. The van der Waals surface area contributed by atoms with E-state index < -0.39 is 0 Å².